The molecule has 1 fully saturated rings. The Kier molecular flexibility index (Phi) is 5.95. The Morgan fingerprint density at radius 3 is 2.26 bits per heavy atom. The number of benzene rings is 2. The van der Waals surface area contributed by atoms with Gasteiger partial charge in [-0.25, -0.2) is 0 Å². The van der Waals surface area contributed by atoms with Crippen molar-refractivity contribution >= 4 is 23.2 Å². The van der Waals surface area contributed by atoms with E-state index in [1.54, 1.807) is 0 Å². The van der Waals surface area contributed by atoms with E-state index in [0.717, 1.165) is 40.7 Å². The SMILES string of the molecule is Cc1cc(C)cc(O[C@H](C)C(=O)N2CCN(c3cc(Cl)ccc3C)CC2)c1. The number of hydrogen-bond acceptors (Lipinski definition) is 3. The monoisotopic (exact) mass is 386 g/mol. The lowest BCUT2D eigenvalue weighted by Gasteiger charge is -2.37. The Morgan fingerprint density at radius 2 is 1.63 bits per heavy atom. The van der Waals surface area contributed by atoms with E-state index in [4.69, 9.17) is 16.3 Å². The van der Waals surface area contributed by atoms with Crippen LogP contribution in [0.15, 0.2) is 36.4 Å². The lowest BCUT2D eigenvalue weighted by Crippen LogP contribution is -2.52. The minimum Gasteiger partial charge on any atom is -0.481 e. The van der Waals surface area contributed by atoms with Gasteiger partial charge in [0.15, 0.2) is 6.10 Å². The van der Waals surface area contributed by atoms with E-state index in [1.807, 2.05) is 56.0 Å². The van der Waals surface area contributed by atoms with Crippen LogP contribution in [0, 0.1) is 20.8 Å². The van der Waals surface area contributed by atoms with Gasteiger partial charge < -0.3 is 14.5 Å². The summed E-state index contributed by atoms with van der Waals surface area (Å²) in [6, 6.07) is 12.0. The van der Waals surface area contributed by atoms with E-state index in [0.29, 0.717) is 13.1 Å². The number of amides is 1. The van der Waals surface area contributed by atoms with E-state index in [9.17, 15) is 4.79 Å². The minimum absolute atomic E-state index is 0.0385. The van der Waals surface area contributed by atoms with Gasteiger partial charge in [-0.2, -0.15) is 0 Å². The molecule has 1 aliphatic rings. The molecule has 0 saturated carbocycles. The van der Waals surface area contributed by atoms with E-state index in [-0.39, 0.29) is 5.91 Å². The van der Waals surface area contributed by atoms with Crippen LogP contribution >= 0.6 is 11.6 Å². The van der Waals surface area contributed by atoms with Gasteiger partial charge in [-0.1, -0.05) is 23.7 Å². The van der Waals surface area contributed by atoms with Crippen LogP contribution in [0.2, 0.25) is 5.02 Å². The predicted octanol–water partition coefficient (Wildman–Crippen LogP) is 4.38. The first-order valence-corrected chi connectivity index (χ1v) is 9.76. The van der Waals surface area contributed by atoms with Gasteiger partial charge in [0.2, 0.25) is 0 Å². The third-order valence-corrected chi connectivity index (χ3v) is 5.19. The Hall–Kier alpha value is -2.20. The number of anilines is 1. The Bertz CT molecular complexity index is 809. The highest BCUT2D eigenvalue weighted by Crippen LogP contribution is 2.25. The molecule has 1 amide bonds. The summed E-state index contributed by atoms with van der Waals surface area (Å²) in [6.07, 6.45) is -0.495. The van der Waals surface area contributed by atoms with Crippen molar-refractivity contribution in [1.82, 2.24) is 4.90 Å². The molecular weight excluding hydrogens is 360 g/mol. The first-order chi connectivity index (χ1) is 12.8. The van der Waals surface area contributed by atoms with E-state index in [1.165, 1.54) is 5.56 Å². The second-order valence-corrected chi connectivity index (χ2v) is 7.76. The molecule has 27 heavy (non-hydrogen) atoms. The van der Waals surface area contributed by atoms with Gasteiger partial charge in [0.05, 0.1) is 0 Å². The van der Waals surface area contributed by atoms with E-state index in [2.05, 4.69) is 17.9 Å². The lowest BCUT2D eigenvalue weighted by atomic mass is 10.1. The molecule has 0 aromatic heterocycles. The standard InChI is InChI=1S/C22H27ClN2O2/c1-15-11-16(2)13-20(12-15)27-18(4)22(26)25-9-7-24(8-10-25)21-14-19(23)6-5-17(21)3/h5-6,11-14,18H,7-10H2,1-4H3/t18-/m1/s1. The fraction of sp³-hybridized carbons (Fsp3) is 0.409. The first-order valence-electron chi connectivity index (χ1n) is 9.38. The smallest absolute Gasteiger partial charge is 0.263 e. The second kappa shape index (κ2) is 8.22. The average Bonchev–Trinajstić information content (AvgIpc) is 2.62. The van der Waals surface area contributed by atoms with Crippen molar-refractivity contribution in [2.24, 2.45) is 0 Å². The predicted molar refractivity (Wildman–Crippen MR) is 111 cm³/mol. The largest absolute Gasteiger partial charge is 0.481 e. The molecule has 0 bridgehead atoms. The van der Waals surface area contributed by atoms with Crippen LogP contribution in [0.25, 0.3) is 0 Å². The van der Waals surface area contributed by atoms with Gasteiger partial charge >= 0.3 is 0 Å². The Balaban J connectivity index is 1.60. The number of piperazine rings is 1. The zero-order valence-corrected chi connectivity index (χ0v) is 17.2. The van der Waals surface area contributed by atoms with Gasteiger partial charge in [-0.05, 0) is 68.7 Å². The molecule has 3 rings (SSSR count). The molecule has 0 N–H and O–H groups in total. The number of ether oxygens (including phenoxy) is 1. The summed E-state index contributed by atoms with van der Waals surface area (Å²) >= 11 is 6.15. The molecule has 0 radical (unpaired) electrons. The van der Waals surface area contributed by atoms with Crippen molar-refractivity contribution in [3.8, 4) is 5.75 Å². The van der Waals surface area contributed by atoms with Crippen molar-refractivity contribution < 1.29 is 9.53 Å². The van der Waals surface area contributed by atoms with Gasteiger partial charge in [-0.15, -0.1) is 0 Å². The molecular formula is C22H27ClN2O2. The number of carbonyl (C=O) groups is 1. The third-order valence-electron chi connectivity index (χ3n) is 4.96. The highest BCUT2D eigenvalue weighted by molar-refractivity contribution is 6.30. The van der Waals surface area contributed by atoms with Crippen LogP contribution in [0.4, 0.5) is 5.69 Å². The quantitative estimate of drug-likeness (QED) is 0.781. The average molecular weight is 387 g/mol. The van der Waals surface area contributed by atoms with E-state index < -0.39 is 6.10 Å². The maximum atomic E-state index is 12.8. The van der Waals surface area contributed by atoms with Crippen LogP contribution in [0.1, 0.15) is 23.6 Å². The van der Waals surface area contributed by atoms with Crippen LogP contribution < -0.4 is 9.64 Å². The molecule has 0 spiro atoms. The Morgan fingerprint density at radius 1 is 1.00 bits per heavy atom. The summed E-state index contributed by atoms with van der Waals surface area (Å²) in [4.78, 5) is 17.0. The number of nitrogens with zero attached hydrogens (tertiary/aromatic N) is 2. The van der Waals surface area contributed by atoms with Gasteiger partial charge in [0.25, 0.3) is 5.91 Å². The molecule has 2 aromatic rings. The van der Waals surface area contributed by atoms with Crippen LogP contribution in [-0.4, -0.2) is 43.1 Å². The summed E-state index contributed by atoms with van der Waals surface area (Å²) < 4.78 is 5.92. The van der Waals surface area contributed by atoms with Crippen LogP contribution in [-0.2, 0) is 4.79 Å². The highest BCUT2D eigenvalue weighted by Gasteiger charge is 2.26. The zero-order chi connectivity index (χ0) is 19.6. The molecule has 0 unspecified atom stereocenters. The van der Waals surface area contributed by atoms with Crippen LogP contribution in [0.3, 0.4) is 0 Å². The second-order valence-electron chi connectivity index (χ2n) is 7.33. The fourth-order valence-electron chi connectivity index (χ4n) is 3.60. The topological polar surface area (TPSA) is 32.8 Å². The number of rotatable bonds is 4. The van der Waals surface area contributed by atoms with Crippen molar-refractivity contribution in [1.29, 1.82) is 0 Å². The normalized spacial score (nSPS) is 15.6. The zero-order valence-electron chi connectivity index (χ0n) is 16.5. The summed E-state index contributed by atoms with van der Waals surface area (Å²) in [5, 5.41) is 0.740. The molecule has 1 saturated heterocycles. The van der Waals surface area contributed by atoms with E-state index >= 15 is 0 Å². The molecule has 5 heteroatoms. The first kappa shape index (κ1) is 19.6. The maximum Gasteiger partial charge on any atom is 0.263 e. The van der Waals surface area contributed by atoms with Crippen molar-refractivity contribution in [2.45, 2.75) is 33.8 Å². The molecule has 1 aliphatic heterocycles. The fourth-order valence-corrected chi connectivity index (χ4v) is 3.77. The lowest BCUT2D eigenvalue weighted by molar-refractivity contribution is -0.138. The third kappa shape index (κ3) is 4.75. The summed E-state index contributed by atoms with van der Waals surface area (Å²) in [6.45, 7) is 10.9. The highest BCUT2D eigenvalue weighted by atomic mass is 35.5. The summed E-state index contributed by atoms with van der Waals surface area (Å²) in [5.74, 6) is 0.790. The molecule has 1 heterocycles. The number of hydrogen-bond donors (Lipinski definition) is 0. The molecule has 1 atom stereocenters. The number of aryl methyl sites for hydroxylation is 3. The van der Waals surface area contributed by atoms with Crippen LogP contribution in [0.5, 0.6) is 5.75 Å². The number of halogens is 1. The van der Waals surface area contributed by atoms with Gasteiger partial charge in [-0.3, -0.25) is 4.79 Å². The van der Waals surface area contributed by atoms with Crippen molar-refractivity contribution in [3.05, 3.63) is 58.1 Å². The Labute approximate surface area is 166 Å². The molecule has 144 valence electrons. The molecule has 4 nitrogen and oxygen atoms in total. The van der Waals surface area contributed by atoms with Crippen molar-refractivity contribution in [3.63, 3.8) is 0 Å². The van der Waals surface area contributed by atoms with Gasteiger partial charge in [0.1, 0.15) is 5.75 Å². The maximum absolute atomic E-state index is 12.8. The summed E-state index contributed by atoms with van der Waals surface area (Å²) in [7, 11) is 0. The summed E-state index contributed by atoms with van der Waals surface area (Å²) in [5.41, 5.74) is 4.62. The van der Waals surface area contributed by atoms with Crippen molar-refractivity contribution in [2.75, 3.05) is 31.1 Å². The van der Waals surface area contributed by atoms with Gasteiger partial charge in [0, 0.05) is 36.9 Å². The minimum atomic E-state index is -0.495. The number of carbonyl (C=O) groups excluding carboxylic acids is 1. The molecule has 2 aromatic carbocycles. The molecule has 0 aliphatic carbocycles.